The summed E-state index contributed by atoms with van der Waals surface area (Å²) in [6, 6.07) is 0. The van der Waals surface area contributed by atoms with Crippen molar-refractivity contribution in [3.8, 4) is 0 Å². The molecule has 0 aliphatic carbocycles. The number of hydrogen-bond donors (Lipinski definition) is 0. The molecule has 0 radical (unpaired) electrons. The van der Waals surface area contributed by atoms with Crippen molar-refractivity contribution in [3.05, 3.63) is 112 Å². The van der Waals surface area contributed by atoms with Gasteiger partial charge in [0, 0.05) is 0 Å². The van der Waals surface area contributed by atoms with Crippen molar-refractivity contribution < 1.29 is 0 Å². The van der Waals surface area contributed by atoms with E-state index in [2.05, 4.69) is 211 Å². The molecule has 518 valence electrons. The molecule has 0 heteroatoms. The summed E-state index contributed by atoms with van der Waals surface area (Å²) in [5.74, 6) is 4.17. The standard InChI is InChI=1S/5C4H10.4C4H8.3C3H8.4C3H6.10C2H6.C2H4.CH4/c9*1-4(2)3;7*1-3-2;11*1-2;/h5*4H,1-3H3;4*1H2,2-3H3;3*3H2,1-2H3;4*3H,1H2,2H3;10*1-2H3;1-2H2;1H4. The van der Waals surface area contributed by atoms with Crippen LogP contribution in [0.1, 0.15) is 394 Å². The zero-order chi connectivity index (χ0) is 73.1. The predicted octanol–water partition coefficient (Wildman–Crippen LogP) is 35.4. The van der Waals surface area contributed by atoms with E-state index in [-0.39, 0.29) is 7.43 Å². The Bertz CT molecular complexity index is 461. The summed E-state index contributed by atoms with van der Waals surface area (Å²) in [5, 5.41) is 0. The van der Waals surface area contributed by atoms with Crippen LogP contribution in [0.25, 0.3) is 0 Å². The number of rotatable bonds is 0. The fraction of sp³-hybridized carbons (Fsp3) is 0.775. The summed E-state index contributed by atoms with van der Waals surface area (Å²) in [6.45, 7) is 142. The van der Waals surface area contributed by atoms with Crippen LogP contribution in [0.2, 0.25) is 0 Å². The van der Waals surface area contributed by atoms with Crippen LogP contribution in [0.15, 0.2) is 112 Å². The zero-order valence-corrected chi connectivity index (χ0v) is 69.4. The quantitative estimate of drug-likeness (QED) is 0.212. The lowest BCUT2D eigenvalue weighted by Crippen LogP contribution is -1.66. The molecule has 0 rings (SSSR count). The van der Waals surface area contributed by atoms with E-state index in [1.54, 1.807) is 24.3 Å². The largest absolute Gasteiger partial charge is 0.106 e. The van der Waals surface area contributed by atoms with Gasteiger partial charge in [0.05, 0.1) is 0 Å². The van der Waals surface area contributed by atoms with Crippen molar-refractivity contribution >= 4 is 0 Å². The molecule has 0 heterocycles. The van der Waals surface area contributed by atoms with E-state index in [1.165, 1.54) is 41.6 Å². The van der Waals surface area contributed by atoms with Crippen LogP contribution in [-0.2, 0) is 0 Å². The van der Waals surface area contributed by atoms with E-state index >= 15 is 0 Å². The molecule has 0 aliphatic heterocycles. The predicted molar refractivity (Wildman–Crippen MR) is 427 cm³/mol. The van der Waals surface area contributed by atoms with Gasteiger partial charge < -0.3 is 0 Å². The maximum Gasteiger partial charge on any atom is -0.0445 e. The van der Waals surface area contributed by atoms with Gasteiger partial charge in [0.2, 0.25) is 0 Å². The molecule has 0 saturated carbocycles. The Labute approximate surface area is 533 Å². The van der Waals surface area contributed by atoms with E-state index in [1.807, 2.05) is 222 Å². The summed E-state index contributed by atoms with van der Waals surface area (Å²) in [7, 11) is 0. The van der Waals surface area contributed by atoms with Crippen molar-refractivity contribution in [2.75, 3.05) is 0 Å². The first-order chi connectivity index (χ1) is 36.5. The van der Waals surface area contributed by atoms with E-state index in [4.69, 9.17) is 0 Å². The molecule has 0 saturated heterocycles. The Morgan fingerprint density at radius 3 is 0.237 bits per heavy atom. The highest BCUT2D eigenvalue weighted by molar-refractivity contribution is 4.80. The Morgan fingerprint density at radius 2 is 0.237 bits per heavy atom. The average molecular weight is 1160 g/mol. The van der Waals surface area contributed by atoms with Gasteiger partial charge in [-0.25, -0.2) is 0 Å². The molecule has 0 bridgehead atoms. The van der Waals surface area contributed by atoms with Crippen LogP contribution in [0.5, 0.6) is 0 Å². The van der Waals surface area contributed by atoms with Crippen molar-refractivity contribution in [1.82, 2.24) is 0 Å². The second-order valence-electron chi connectivity index (χ2n) is 17.2. The fourth-order valence-corrected chi connectivity index (χ4v) is 0. The normalized spacial score (nSPS) is 5.67. The second-order valence-corrected chi connectivity index (χ2v) is 17.2. The van der Waals surface area contributed by atoms with Crippen molar-refractivity contribution in [1.29, 1.82) is 0 Å². The third kappa shape index (κ3) is 77000. The van der Waals surface area contributed by atoms with Crippen LogP contribution in [0.3, 0.4) is 0 Å². The van der Waals surface area contributed by atoms with Crippen LogP contribution in [-0.4, -0.2) is 0 Å². The molecule has 0 aromatic heterocycles. The summed E-state index contributed by atoms with van der Waals surface area (Å²) < 4.78 is 0. The molecule has 0 fully saturated rings. The average Bonchev–Trinajstić information content (AvgIpc) is 3.34. The lowest BCUT2D eigenvalue weighted by Gasteiger charge is -1.79. The molecule has 0 nitrogen and oxygen atoms in total. The fourth-order valence-electron chi connectivity index (χ4n) is 0. The molecular weight excluding hydrogens is 961 g/mol. The maximum absolute atomic E-state index is 3.56. The van der Waals surface area contributed by atoms with Crippen LogP contribution in [0, 0.1) is 29.6 Å². The summed E-state index contributed by atoms with van der Waals surface area (Å²) in [4.78, 5) is 0. The van der Waals surface area contributed by atoms with Crippen molar-refractivity contribution in [2.45, 2.75) is 394 Å². The summed E-state index contributed by atoms with van der Waals surface area (Å²) >= 11 is 0. The molecule has 80 heavy (non-hydrogen) atoms. The highest BCUT2D eigenvalue weighted by atomic mass is 13.8. The van der Waals surface area contributed by atoms with Gasteiger partial charge in [0.1, 0.15) is 0 Å². The summed E-state index contributed by atoms with van der Waals surface area (Å²) in [6.07, 6.45) is 10.8. The van der Waals surface area contributed by atoms with Crippen LogP contribution in [0.4, 0.5) is 0 Å². The highest BCUT2D eigenvalue weighted by Gasteiger charge is 1.69. The van der Waals surface area contributed by atoms with Gasteiger partial charge in [0.15, 0.2) is 0 Å². The Morgan fingerprint density at radius 1 is 0.237 bits per heavy atom. The van der Waals surface area contributed by atoms with E-state index in [9.17, 15) is 0 Å². The third-order valence-corrected chi connectivity index (χ3v) is 0. The minimum atomic E-state index is 0. The summed E-state index contributed by atoms with van der Waals surface area (Å²) in [5.41, 5.74) is 4.67. The number of hydrogen-bond acceptors (Lipinski definition) is 0. The molecule has 0 aromatic carbocycles. The third-order valence-electron chi connectivity index (χ3n) is 0. The Hall–Kier alpha value is -2.34. The van der Waals surface area contributed by atoms with Crippen LogP contribution >= 0.6 is 0 Å². The lowest BCUT2D eigenvalue weighted by atomic mass is 10.3. The molecule has 0 unspecified atom stereocenters. The van der Waals surface area contributed by atoms with Crippen molar-refractivity contribution in [3.63, 3.8) is 0 Å². The van der Waals surface area contributed by atoms with Crippen molar-refractivity contribution in [2.24, 2.45) is 29.6 Å². The second kappa shape index (κ2) is 438. The van der Waals surface area contributed by atoms with Gasteiger partial charge in [0.25, 0.3) is 0 Å². The maximum atomic E-state index is 3.56. The molecule has 0 atom stereocenters. The van der Waals surface area contributed by atoms with E-state index < -0.39 is 0 Å². The van der Waals surface area contributed by atoms with Gasteiger partial charge >= 0.3 is 0 Å². The topological polar surface area (TPSA) is 0 Å². The van der Waals surface area contributed by atoms with E-state index in [0.717, 1.165) is 29.6 Å². The van der Waals surface area contributed by atoms with Crippen LogP contribution < -0.4 is 0 Å². The SMILES string of the molecule is C.C=C.C=C(C)C.C=C(C)C.C=C(C)C.C=C(C)C.C=CC.C=CC.C=CC.C=CC.CC.CC.CC.CC.CC.CC.CC.CC.CC.CC.CC(C)C.CC(C)C.CC(C)C.CC(C)C.CC(C)C.CCC.CCC.CCC. The number of allylic oxidation sites excluding steroid dienone is 8. The minimum absolute atomic E-state index is 0. The monoisotopic (exact) mass is 1160 g/mol. The van der Waals surface area contributed by atoms with Gasteiger partial charge in [-0.05, 0) is 113 Å². The Balaban J connectivity index is -0.0000000136. The molecule has 0 spiro atoms. The first kappa shape index (κ1) is 185. The van der Waals surface area contributed by atoms with Gasteiger partial charge in [-0.2, -0.15) is 0 Å². The van der Waals surface area contributed by atoms with Gasteiger partial charge in [-0.3, -0.25) is 0 Å². The highest BCUT2D eigenvalue weighted by Crippen LogP contribution is 1.83. The van der Waals surface area contributed by atoms with Gasteiger partial charge in [-0.15, -0.1) is 65.8 Å². The lowest BCUT2D eigenvalue weighted by molar-refractivity contribution is 0.736. The van der Waals surface area contributed by atoms with E-state index in [0.29, 0.717) is 0 Å². The molecule has 0 N–H and O–H groups in total. The molecule has 0 aromatic rings. The Kier molecular flexibility index (Phi) is 1010. The molecular formula is C80H198. The molecule has 0 amide bonds. The molecule has 0 aliphatic rings. The smallest absolute Gasteiger partial charge is 0.0445 e. The first-order valence-corrected chi connectivity index (χ1v) is 32.8. The zero-order valence-electron chi connectivity index (χ0n) is 69.4. The first-order valence-electron chi connectivity index (χ1n) is 32.8. The van der Waals surface area contributed by atoms with Gasteiger partial charge in [-0.1, -0.05) is 357 Å². The minimum Gasteiger partial charge on any atom is -0.106 e.